The third-order valence-electron chi connectivity index (χ3n) is 5.16. The maximum absolute atomic E-state index is 13.1. The molecule has 1 saturated heterocycles. The van der Waals surface area contributed by atoms with E-state index < -0.39 is 0 Å². The van der Waals surface area contributed by atoms with E-state index in [1.807, 2.05) is 52.9 Å². The Labute approximate surface area is 164 Å². The number of hydrogen-bond acceptors (Lipinski definition) is 5. The number of pyridine rings is 1. The number of amides is 1. The second-order valence-corrected chi connectivity index (χ2v) is 6.94. The SMILES string of the molecule is CCOc1ccccc1C(=O)N1CC[C@H](c2nn(CCN)c3ncccc23)C1. The van der Waals surface area contributed by atoms with Crippen molar-refractivity contribution in [2.75, 3.05) is 26.2 Å². The summed E-state index contributed by atoms with van der Waals surface area (Å²) < 4.78 is 7.51. The van der Waals surface area contributed by atoms with Crippen LogP contribution >= 0.6 is 0 Å². The second-order valence-electron chi connectivity index (χ2n) is 6.94. The smallest absolute Gasteiger partial charge is 0.257 e. The monoisotopic (exact) mass is 379 g/mol. The minimum absolute atomic E-state index is 0.00960. The van der Waals surface area contributed by atoms with E-state index in [9.17, 15) is 4.79 Å². The van der Waals surface area contributed by atoms with Crippen molar-refractivity contribution in [1.29, 1.82) is 0 Å². The summed E-state index contributed by atoms with van der Waals surface area (Å²) in [6.07, 6.45) is 2.65. The predicted octanol–water partition coefficient (Wildman–Crippen LogP) is 2.42. The number of nitrogens with two attached hydrogens (primary N) is 1. The number of nitrogens with zero attached hydrogens (tertiary/aromatic N) is 4. The van der Waals surface area contributed by atoms with Crippen LogP contribution in [0.4, 0.5) is 0 Å². The highest BCUT2D eigenvalue weighted by atomic mass is 16.5. The lowest BCUT2D eigenvalue weighted by Crippen LogP contribution is -2.29. The summed E-state index contributed by atoms with van der Waals surface area (Å²) in [4.78, 5) is 19.5. The third-order valence-corrected chi connectivity index (χ3v) is 5.16. The third kappa shape index (κ3) is 3.33. The van der Waals surface area contributed by atoms with Crippen LogP contribution in [0.3, 0.4) is 0 Å². The van der Waals surface area contributed by atoms with E-state index in [0.29, 0.717) is 44.1 Å². The Morgan fingerprint density at radius 1 is 1.29 bits per heavy atom. The second kappa shape index (κ2) is 7.98. The largest absolute Gasteiger partial charge is 0.493 e. The summed E-state index contributed by atoms with van der Waals surface area (Å²) >= 11 is 0. The lowest BCUT2D eigenvalue weighted by atomic mass is 10.0. The number of ether oxygens (including phenoxy) is 1. The molecule has 1 aliphatic rings. The first-order valence-electron chi connectivity index (χ1n) is 9.75. The summed E-state index contributed by atoms with van der Waals surface area (Å²) in [5, 5.41) is 5.83. The lowest BCUT2D eigenvalue weighted by Gasteiger charge is -2.18. The van der Waals surface area contributed by atoms with Crippen LogP contribution in [0.2, 0.25) is 0 Å². The molecule has 146 valence electrons. The molecule has 0 bridgehead atoms. The van der Waals surface area contributed by atoms with Crippen LogP contribution in [-0.4, -0.2) is 51.8 Å². The molecule has 0 aliphatic carbocycles. The number of para-hydroxylation sites is 1. The summed E-state index contributed by atoms with van der Waals surface area (Å²) in [7, 11) is 0. The number of benzene rings is 1. The average Bonchev–Trinajstić information content (AvgIpc) is 3.34. The molecule has 1 atom stereocenters. The van der Waals surface area contributed by atoms with Gasteiger partial charge in [-0.3, -0.25) is 4.79 Å². The summed E-state index contributed by atoms with van der Waals surface area (Å²) in [5.74, 6) is 0.838. The number of carbonyl (C=O) groups is 1. The van der Waals surface area contributed by atoms with Crippen molar-refractivity contribution in [1.82, 2.24) is 19.7 Å². The molecule has 0 saturated carbocycles. The van der Waals surface area contributed by atoms with Crippen molar-refractivity contribution in [2.45, 2.75) is 25.8 Å². The number of likely N-dealkylation sites (tertiary alicyclic amines) is 1. The molecule has 1 aromatic carbocycles. The van der Waals surface area contributed by atoms with Gasteiger partial charge in [-0.05, 0) is 37.6 Å². The van der Waals surface area contributed by atoms with Gasteiger partial charge in [-0.15, -0.1) is 0 Å². The summed E-state index contributed by atoms with van der Waals surface area (Å²) in [6, 6.07) is 11.4. The Balaban J connectivity index is 1.58. The van der Waals surface area contributed by atoms with Crippen molar-refractivity contribution in [3.8, 4) is 5.75 Å². The Kier molecular flexibility index (Phi) is 5.25. The minimum atomic E-state index is 0.00960. The first-order chi connectivity index (χ1) is 13.7. The first-order valence-corrected chi connectivity index (χ1v) is 9.75. The van der Waals surface area contributed by atoms with E-state index in [1.54, 1.807) is 6.20 Å². The molecule has 7 heteroatoms. The van der Waals surface area contributed by atoms with E-state index in [0.717, 1.165) is 23.1 Å². The molecule has 7 nitrogen and oxygen atoms in total. The van der Waals surface area contributed by atoms with E-state index in [2.05, 4.69) is 4.98 Å². The molecular weight excluding hydrogens is 354 g/mol. The zero-order chi connectivity index (χ0) is 19.5. The van der Waals surface area contributed by atoms with Gasteiger partial charge in [0.25, 0.3) is 5.91 Å². The molecule has 1 amide bonds. The van der Waals surface area contributed by atoms with Crippen LogP contribution in [0.5, 0.6) is 5.75 Å². The number of rotatable bonds is 6. The van der Waals surface area contributed by atoms with Crippen LogP contribution in [0.15, 0.2) is 42.6 Å². The number of fused-ring (bicyclic) bond motifs is 1. The Hall–Kier alpha value is -2.93. The maximum atomic E-state index is 13.1. The number of aromatic nitrogens is 3. The Morgan fingerprint density at radius 2 is 2.14 bits per heavy atom. The topological polar surface area (TPSA) is 86.3 Å². The molecule has 3 aromatic rings. The van der Waals surface area contributed by atoms with Gasteiger partial charge in [-0.2, -0.15) is 5.10 Å². The molecular formula is C21H25N5O2. The van der Waals surface area contributed by atoms with E-state index in [4.69, 9.17) is 15.6 Å². The Bertz CT molecular complexity index is 984. The molecule has 1 aliphatic heterocycles. The maximum Gasteiger partial charge on any atom is 0.257 e. The van der Waals surface area contributed by atoms with Gasteiger partial charge in [-0.1, -0.05) is 12.1 Å². The van der Waals surface area contributed by atoms with Crippen LogP contribution in [0.1, 0.15) is 35.3 Å². The van der Waals surface area contributed by atoms with Crippen molar-refractivity contribution in [3.63, 3.8) is 0 Å². The van der Waals surface area contributed by atoms with E-state index in [1.165, 1.54) is 0 Å². The van der Waals surface area contributed by atoms with Crippen LogP contribution < -0.4 is 10.5 Å². The fraction of sp³-hybridized carbons (Fsp3) is 0.381. The normalized spacial score (nSPS) is 16.6. The van der Waals surface area contributed by atoms with E-state index in [-0.39, 0.29) is 11.8 Å². The van der Waals surface area contributed by atoms with Gasteiger partial charge < -0.3 is 15.4 Å². The molecule has 1 fully saturated rings. The van der Waals surface area contributed by atoms with Crippen molar-refractivity contribution < 1.29 is 9.53 Å². The zero-order valence-electron chi connectivity index (χ0n) is 16.0. The van der Waals surface area contributed by atoms with Gasteiger partial charge in [0.15, 0.2) is 5.65 Å². The first kappa shape index (κ1) is 18.4. The standard InChI is InChI=1S/C21H25N5O2/c1-2-28-18-8-4-3-6-16(18)21(27)25-12-9-15(14-25)19-17-7-5-11-23-20(17)26(24-19)13-10-22/h3-8,11,15H,2,9-10,12-14,22H2,1H3/t15-/m0/s1. The van der Waals surface area contributed by atoms with Gasteiger partial charge in [-0.25, -0.2) is 9.67 Å². The fourth-order valence-electron chi connectivity index (χ4n) is 3.88. The molecule has 0 spiro atoms. The van der Waals surface area contributed by atoms with Gasteiger partial charge in [0, 0.05) is 37.1 Å². The van der Waals surface area contributed by atoms with Gasteiger partial charge >= 0.3 is 0 Å². The Morgan fingerprint density at radius 3 is 2.96 bits per heavy atom. The summed E-state index contributed by atoms with van der Waals surface area (Å²) in [6.45, 7) is 4.94. The number of hydrogen-bond donors (Lipinski definition) is 1. The summed E-state index contributed by atoms with van der Waals surface area (Å²) in [5.41, 5.74) is 8.20. The highest BCUT2D eigenvalue weighted by molar-refractivity contribution is 5.97. The lowest BCUT2D eigenvalue weighted by molar-refractivity contribution is 0.0786. The molecule has 3 heterocycles. The number of carbonyl (C=O) groups excluding carboxylic acids is 1. The minimum Gasteiger partial charge on any atom is -0.493 e. The highest BCUT2D eigenvalue weighted by Crippen LogP contribution is 2.32. The van der Waals surface area contributed by atoms with Gasteiger partial charge in [0.2, 0.25) is 0 Å². The molecule has 2 aromatic heterocycles. The molecule has 4 rings (SSSR count). The average molecular weight is 379 g/mol. The van der Waals surface area contributed by atoms with Crippen molar-refractivity contribution in [3.05, 3.63) is 53.9 Å². The van der Waals surface area contributed by atoms with Crippen molar-refractivity contribution >= 4 is 16.9 Å². The van der Waals surface area contributed by atoms with Crippen LogP contribution in [0, 0.1) is 0 Å². The highest BCUT2D eigenvalue weighted by Gasteiger charge is 2.32. The molecule has 2 N–H and O–H groups in total. The zero-order valence-corrected chi connectivity index (χ0v) is 16.0. The molecule has 28 heavy (non-hydrogen) atoms. The van der Waals surface area contributed by atoms with Gasteiger partial charge in [0.1, 0.15) is 5.75 Å². The van der Waals surface area contributed by atoms with E-state index >= 15 is 0 Å². The van der Waals surface area contributed by atoms with Crippen molar-refractivity contribution in [2.24, 2.45) is 5.73 Å². The quantitative estimate of drug-likeness (QED) is 0.711. The fourth-order valence-corrected chi connectivity index (χ4v) is 3.88. The van der Waals surface area contributed by atoms with Gasteiger partial charge in [0.05, 0.1) is 24.4 Å². The molecule has 0 unspecified atom stereocenters. The van der Waals surface area contributed by atoms with Crippen LogP contribution in [0.25, 0.3) is 11.0 Å². The predicted molar refractivity (Wildman–Crippen MR) is 107 cm³/mol. The van der Waals surface area contributed by atoms with Crippen LogP contribution in [-0.2, 0) is 6.54 Å². The molecule has 0 radical (unpaired) electrons.